The molecule has 4 aromatic rings. The number of benzene rings is 2. The van der Waals surface area contributed by atoms with Crippen LogP contribution in [0.15, 0.2) is 71.8 Å². The highest BCUT2D eigenvalue weighted by Gasteiger charge is 2.29. The van der Waals surface area contributed by atoms with Gasteiger partial charge in [0.2, 0.25) is 15.8 Å². The van der Waals surface area contributed by atoms with E-state index in [0.717, 1.165) is 24.1 Å². The number of amides is 1. The Kier molecular flexibility index (Phi) is 6.18. The zero-order valence-corrected chi connectivity index (χ0v) is 19.7. The molecule has 1 fully saturated rings. The van der Waals surface area contributed by atoms with Crippen LogP contribution in [0.5, 0.6) is 0 Å². The predicted octanol–water partition coefficient (Wildman–Crippen LogP) is 2.25. The van der Waals surface area contributed by atoms with E-state index in [1.807, 2.05) is 36.4 Å². The number of likely N-dealkylation sites (tertiary alicyclic amines) is 1. The van der Waals surface area contributed by atoms with Gasteiger partial charge in [-0.2, -0.15) is 5.10 Å². The van der Waals surface area contributed by atoms with Crippen molar-refractivity contribution < 1.29 is 13.2 Å². The molecule has 11 heteroatoms. The summed E-state index contributed by atoms with van der Waals surface area (Å²) in [5, 5.41) is 16.8. The summed E-state index contributed by atoms with van der Waals surface area (Å²) in [6.45, 7) is 1.20. The third-order valence-corrected chi connectivity index (χ3v) is 7.08. The van der Waals surface area contributed by atoms with E-state index < -0.39 is 10.0 Å². The van der Waals surface area contributed by atoms with E-state index in [9.17, 15) is 13.2 Å². The fourth-order valence-electron chi connectivity index (χ4n) is 4.36. The SMILES string of the molecule is NS(=O)(=O)c1ccc(-n2nc(C(=O)N3CCCC(c4ccn[nH]4)C3)nc2Cc2ccccc2)cc1. The molecule has 3 heterocycles. The van der Waals surface area contributed by atoms with Gasteiger partial charge in [-0.3, -0.25) is 9.89 Å². The molecule has 5 rings (SSSR count). The number of rotatable bonds is 6. The number of H-pyrrole nitrogens is 1. The molecule has 180 valence electrons. The predicted molar refractivity (Wildman–Crippen MR) is 128 cm³/mol. The Morgan fingerprint density at radius 1 is 1.09 bits per heavy atom. The van der Waals surface area contributed by atoms with Gasteiger partial charge in [-0.05, 0) is 48.7 Å². The Balaban J connectivity index is 1.46. The number of nitrogens with one attached hydrogen (secondary N) is 1. The average Bonchev–Trinajstić information content (AvgIpc) is 3.55. The molecule has 1 atom stereocenters. The highest BCUT2D eigenvalue weighted by atomic mass is 32.2. The van der Waals surface area contributed by atoms with Crippen LogP contribution < -0.4 is 5.14 Å². The fourth-order valence-corrected chi connectivity index (χ4v) is 4.88. The normalized spacial score (nSPS) is 16.4. The molecule has 0 radical (unpaired) electrons. The molecular weight excluding hydrogens is 466 g/mol. The number of carbonyl (C=O) groups excluding carboxylic acids is 1. The first-order valence-corrected chi connectivity index (χ1v) is 12.8. The zero-order valence-electron chi connectivity index (χ0n) is 18.9. The molecule has 0 bridgehead atoms. The summed E-state index contributed by atoms with van der Waals surface area (Å²) in [6.07, 6.45) is 4.02. The van der Waals surface area contributed by atoms with E-state index in [0.29, 0.717) is 31.0 Å². The standard InChI is InChI=1S/C24H25N7O3S/c25-35(33,34)20-10-8-19(9-11-20)31-22(15-17-5-2-1-3-6-17)27-23(29-31)24(32)30-14-4-7-18(16-30)21-12-13-26-28-21/h1-3,5-6,8-13,18H,4,7,14-16H2,(H,26,28)(H2,25,33,34). The topological polar surface area (TPSA) is 140 Å². The summed E-state index contributed by atoms with van der Waals surface area (Å²) in [4.78, 5) is 19.8. The smallest absolute Gasteiger partial charge is 0.293 e. The summed E-state index contributed by atoms with van der Waals surface area (Å²) in [5.41, 5.74) is 2.61. The monoisotopic (exact) mass is 491 g/mol. The second-order valence-corrected chi connectivity index (χ2v) is 10.1. The van der Waals surface area contributed by atoms with Crippen molar-refractivity contribution in [1.29, 1.82) is 0 Å². The summed E-state index contributed by atoms with van der Waals surface area (Å²) in [7, 11) is -3.82. The molecule has 1 aliphatic rings. The molecule has 1 saturated heterocycles. The third kappa shape index (κ3) is 5.00. The molecule has 0 spiro atoms. The summed E-state index contributed by atoms with van der Waals surface area (Å²) in [5.74, 6) is 0.636. The Labute approximate surface area is 202 Å². The van der Waals surface area contributed by atoms with E-state index in [1.165, 1.54) is 12.1 Å². The minimum Gasteiger partial charge on any atom is -0.335 e. The van der Waals surface area contributed by atoms with Crippen LogP contribution in [0, 0.1) is 0 Å². The van der Waals surface area contributed by atoms with Crippen molar-refractivity contribution in [2.24, 2.45) is 5.14 Å². The van der Waals surface area contributed by atoms with E-state index >= 15 is 0 Å². The summed E-state index contributed by atoms with van der Waals surface area (Å²) in [6, 6.07) is 17.7. The van der Waals surface area contributed by atoms with Crippen molar-refractivity contribution in [2.45, 2.75) is 30.1 Å². The largest absolute Gasteiger partial charge is 0.335 e. The van der Waals surface area contributed by atoms with Crippen molar-refractivity contribution in [1.82, 2.24) is 29.9 Å². The van der Waals surface area contributed by atoms with Crippen LogP contribution in [-0.2, 0) is 16.4 Å². The maximum Gasteiger partial charge on any atom is 0.293 e. The number of nitrogens with two attached hydrogens (primary N) is 1. The summed E-state index contributed by atoms with van der Waals surface area (Å²) < 4.78 is 24.9. The highest BCUT2D eigenvalue weighted by Crippen LogP contribution is 2.26. The average molecular weight is 492 g/mol. The number of piperidine rings is 1. The van der Waals surface area contributed by atoms with E-state index in [1.54, 1.807) is 27.9 Å². The molecule has 0 saturated carbocycles. The molecule has 2 aromatic heterocycles. The van der Waals surface area contributed by atoms with E-state index in [2.05, 4.69) is 20.3 Å². The quantitative estimate of drug-likeness (QED) is 0.424. The van der Waals surface area contributed by atoms with Crippen LogP contribution in [0.25, 0.3) is 5.69 Å². The number of primary sulfonamides is 1. The Morgan fingerprint density at radius 3 is 2.54 bits per heavy atom. The number of hydrogen-bond donors (Lipinski definition) is 2. The minimum atomic E-state index is -3.82. The van der Waals surface area contributed by atoms with Gasteiger partial charge in [-0.15, -0.1) is 5.10 Å². The minimum absolute atomic E-state index is 0.000407. The van der Waals surface area contributed by atoms with Crippen molar-refractivity contribution in [3.63, 3.8) is 0 Å². The van der Waals surface area contributed by atoms with Gasteiger partial charge in [0.05, 0.1) is 10.6 Å². The number of carbonyl (C=O) groups is 1. The number of aromatic amines is 1. The number of nitrogens with zero attached hydrogens (tertiary/aromatic N) is 5. The van der Waals surface area contributed by atoms with Gasteiger partial charge in [0.1, 0.15) is 5.82 Å². The first-order chi connectivity index (χ1) is 16.9. The Bertz CT molecular complexity index is 1420. The lowest BCUT2D eigenvalue weighted by Gasteiger charge is -2.31. The lowest BCUT2D eigenvalue weighted by molar-refractivity contribution is 0.0693. The molecule has 0 aliphatic carbocycles. The Morgan fingerprint density at radius 2 is 1.86 bits per heavy atom. The van der Waals surface area contributed by atoms with Crippen LogP contribution in [-0.4, -0.2) is 57.3 Å². The summed E-state index contributed by atoms with van der Waals surface area (Å²) >= 11 is 0. The molecule has 1 unspecified atom stereocenters. The molecular formula is C24H25N7O3S. The van der Waals surface area contributed by atoms with Crippen LogP contribution in [0.1, 0.15) is 46.5 Å². The Hall–Kier alpha value is -3.83. The van der Waals surface area contributed by atoms with Crippen LogP contribution in [0.2, 0.25) is 0 Å². The fraction of sp³-hybridized carbons (Fsp3) is 0.250. The molecule has 1 amide bonds. The maximum atomic E-state index is 13.4. The van der Waals surface area contributed by atoms with Crippen LogP contribution in [0.4, 0.5) is 0 Å². The van der Waals surface area contributed by atoms with Gasteiger partial charge < -0.3 is 4.90 Å². The van der Waals surface area contributed by atoms with Crippen molar-refractivity contribution in [2.75, 3.05) is 13.1 Å². The van der Waals surface area contributed by atoms with E-state index in [4.69, 9.17) is 5.14 Å². The lowest BCUT2D eigenvalue weighted by atomic mass is 9.95. The molecule has 35 heavy (non-hydrogen) atoms. The van der Waals surface area contributed by atoms with E-state index in [-0.39, 0.29) is 22.5 Å². The highest BCUT2D eigenvalue weighted by molar-refractivity contribution is 7.89. The number of aromatic nitrogens is 5. The number of sulfonamides is 1. The third-order valence-electron chi connectivity index (χ3n) is 6.15. The van der Waals surface area contributed by atoms with Crippen LogP contribution >= 0.6 is 0 Å². The second kappa shape index (κ2) is 9.43. The van der Waals surface area contributed by atoms with Gasteiger partial charge in [-0.25, -0.2) is 23.2 Å². The first-order valence-electron chi connectivity index (χ1n) is 11.3. The molecule has 10 nitrogen and oxygen atoms in total. The molecule has 3 N–H and O–H groups in total. The molecule has 1 aliphatic heterocycles. The zero-order chi connectivity index (χ0) is 24.4. The number of hydrogen-bond acceptors (Lipinski definition) is 6. The first kappa shape index (κ1) is 22.9. The van der Waals surface area contributed by atoms with Gasteiger partial charge in [-0.1, -0.05) is 30.3 Å². The second-order valence-electron chi connectivity index (χ2n) is 8.57. The van der Waals surface area contributed by atoms with Crippen molar-refractivity contribution >= 4 is 15.9 Å². The van der Waals surface area contributed by atoms with Gasteiger partial charge >= 0.3 is 0 Å². The van der Waals surface area contributed by atoms with Gasteiger partial charge in [0.25, 0.3) is 5.91 Å². The van der Waals surface area contributed by atoms with Gasteiger partial charge in [0.15, 0.2) is 0 Å². The van der Waals surface area contributed by atoms with Gasteiger partial charge in [0, 0.05) is 37.3 Å². The van der Waals surface area contributed by atoms with Crippen molar-refractivity contribution in [3.8, 4) is 5.69 Å². The van der Waals surface area contributed by atoms with Crippen LogP contribution in [0.3, 0.4) is 0 Å². The van der Waals surface area contributed by atoms with Crippen molar-refractivity contribution in [3.05, 3.63) is 89.8 Å². The maximum absolute atomic E-state index is 13.4. The lowest BCUT2D eigenvalue weighted by Crippen LogP contribution is -2.39. The molecule has 2 aromatic carbocycles.